The molecule has 0 atom stereocenters. The quantitative estimate of drug-likeness (QED) is 0.402. The maximum atomic E-state index is 12.2. The van der Waals surface area contributed by atoms with Crippen molar-refractivity contribution in [2.75, 3.05) is 17.2 Å². The first kappa shape index (κ1) is 21.5. The van der Waals surface area contributed by atoms with E-state index < -0.39 is 0 Å². The molecule has 28 heavy (non-hydrogen) atoms. The third-order valence-electron chi connectivity index (χ3n) is 5.05. The second-order valence-electron chi connectivity index (χ2n) is 6.80. The summed E-state index contributed by atoms with van der Waals surface area (Å²) in [4.78, 5) is 16.2. The summed E-state index contributed by atoms with van der Waals surface area (Å²) in [5, 5.41) is 7.15. The van der Waals surface area contributed by atoms with Crippen LogP contribution in [0, 0.1) is 0 Å². The molecule has 150 valence electrons. The Morgan fingerprint density at radius 3 is 2.46 bits per heavy atom. The number of hydrogen-bond acceptors (Lipinski definition) is 5. The lowest BCUT2D eigenvalue weighted by atomic mass is 9.88. The average Bonchev–Trinajstić information content (AvgIpc) is 2.73. The maximum Gasteiger partial charge on any atom is 0.338 e. The van der Waals surface area contributed by atoms with E-state index in [9.17, 15) is 4.79 Å². The van der Waals surface area contributed by atoms with Crippen LogP contribution in [0.2, 0.25) is 0 Å². The van der Waals surface area contributed by atoms with Gasteiger partial charge < -0.3 is 15.4 Å². The van der Waals surface area contributed by atoms with Crippen molar-refractivity contribution in [1.82, 2.24) is 4.98 Å². The molecule has 5 heteroatoms. The van der Waals surface area contributed by atoms with Crippen LogP contribution in [0.5, 0.6) is 0 Å². The Balaban J connectivity index is 2.33. The second kappa shape index (κ2) is 10.5. The Labute approximate surface area is 168 Å². The van der Waals surface area contributed by atoms with Crippen LogP contribution in [-0.2, 0) is 11.3 Å². The molecule has 0 saturated carbocycles. The summed E-state index contributed by atoms with van der Waals surface area (Å²) >= 11 is 0. The summed E-state index contributed by atoms with van der Waals surface area (Å²) < 4.78 is 5.16. The normalized spacial score (nSPS) is 11.0. The van der Waals surface area contributed by atoms with Crippen LogP contribution in [0.1, 0.15) is 56.0 Å². The number of benzene rings is 1. The molecule has 2 N–H and O–H groups in total. The van der Waals surface area contributed by atoms with Crippen LogP contribution in [-0.4, -0.2) is 23.1 Å². The number of aromatic nitrogens is 1. The molecule has 0 saturated heterocycles. The van der Waals surface area contributed by atoms with E-state index in [1.807, 2.05) is 43.3 Å². The summed E-state index contributed by atoms with van der Waals surface area (Å²) in [6, 6.07) is 9.54. The standard InChI is InChI=1S/C23H31N3O2/c1-5-13-23(6-2,7-3)26-20-10-9-19(22(27)28-8-4)16-21(20)25-17-18-11-14-24-15-12-18/h5,9-12,14-16,25-26H,1,6-8,13,17H2,2-4H3. The number of nitrogens with one attached hydrogen (secondary N) is 2. The second-order valence-corrected chi connectivity index (χ2v) is 6.80. The Morgan fingerprint density at radius 1 is 1.14 bits per heavy atom. The first-order chi connectivity index (χ1) is 13.6. The van der Waals surface area contributed by atoms with Crippen molar-refractivity contribution in [3.8, 4) is 0 Å². The Bertz CT molecular complexity index is 771. The number of anilines is 2. The molecule has 0 fully saturated rings. The molecule has 1 aromatic heterocycles. The monoisotopic (exact) mass is 381 g/mol. The topological polar surface area (TPSA) is 63.2 Å². The largest absolute Gasteiger partial charge is 0.462 e. The van der Waals surface area contributed by atoms with Gasteiger partial charge in [-0.3, -0.25) is 4.98 Å². The van der Waals surface area contributed by atoms with E-state index in [0.29, 0.717) is 18.7 Å². The molecule has 0 unspecified atom stereocenters. The van der Waals surface area contributed by atoms with Crippen molar-refractivity contribution in [1.29, 1.82) is 0 Å². The van der Waals surface area contributed by atoms with Crippen molar-refractivity contribution >= 4 is 17.3 Å². The number of nitrogens with zero attached hydrogens (tertiary/aromatic N) is 1. The fourth-order valence-corrected chi connectivity index (χ4v) is 3.17. The first-order valence-electron chi connectivity index (χ1n) is 9.90. The number of esters is 1. The summed E-state index contributed by atoms with van der Waals surface area (Å²) in [6.07, 6.45) is 8.31. The van der Waals surface area contributed by atoms with Crippen LogP contribution in [0.4, 0.5) is 11.4 Å². The van der Waals surface area contributed by atoms with Gasteiger partial charge in [-0.1, -0.05) is 19.9 Å². The fourth-order valence-electron chi connectivity index (χ4n) is 3.17. The third-order valence-corrected chi connectivity index (χ3v) is 5.05. The lowest BCUT2D eigenvalue weighted by Crippen LogP contribution is -2.36. The first-order valence-corrected chi connectivity index (χ1v) is 9.90. The van der Waals surface area contributed by atoms with Crippen molar-refractivity contribution in [2.24, 2.45) is 0 Å². The SMILES string of the molecule is C=CCC(CC)(CC)Nc1ccc(C(=O)OCC)cc1NCc1ccncc1. The zero-order chi connectivity index (χ0) is 20.4. The predicted molar refractivity (Wildman–Crippen MR) is 116 cm³/mol. The van der Waals surface area contributed by atoms with E-state index in [2.05, 4.69) is 36.0 Å². The molecule has 1 aromatic carbocycles. The van der Waals surface area contributed by atoms with Crippen LogP contribution >= 0.6 is 0 Å². The zero-order valence-electron chi connectivity index (χ0n) is 17.1. The maximum absolute atomic E-state index is 12.2. The van der Waals surface area contributed by atoms with Gasteiger partial charge in [-0.15, -0.1) is 6.58 Å². The van der Waals surface area contributed by atoms with Gasteiger partial charge in [-0.2, -0.15) is 0 Å². The van der Waals surface area contributed by atoms with Crippen LogP contribution < -0.4 is 10.6 Å². The highest BCUT2D eigenvalue weighted by molar-refractivity contribution is 5.92. The lowest BCUT2D eigenvalue weighted by molar-refractivity contribution is 0.0526. The Hall–Kier alpha value is -2.82. The minimum absolute atomic E-state index is 0.0692. The molecule has 0 spiro atoms. The van der Waals surface area contributed by atoms with Crippen molar-refractivity contribution < 1.29 is 9.53 Å². The highest BCUT2D eigenvalue weighted by Gasteiger charge is 2.25. The molecule has 1 heterocycles. The van der Waals surface area contributed by atoms with Gasteiger partial charge in [0, 0.05) is 24.5 Å². The van der Waals surface area contributed by atoms with Gasteiger partial charge in [0.25, 0.3) is 0 Å². The van der Waals surface area contributed by atoms with Gasteiger partial charge in [0.05, 0.1) is 23.5 Å². The van der Waals surface area contributed by atoms with E-state index in [1.54, 1.807) is 12.4 Å². The molecule has 0 radical (unpaired) electrons. The van der Waals surface area contributed by atoms with E-state index in [-0.39, 0.29) is 11.5 Å². The van der Waals surface area contributed by atoms with E-state index >= 15 is 0 Å². The Kier molecular flexibility index (Phi) is 8.05. The third kappa shape index (κ3) is 5.59. The van der Waals surface area contributed by atoms with E-state index in [0.717, 1.165) is 36.2 Å². The molecular weight excluding hydrogens is 350 g/mol. The molecule has 0 bridgehead atoms. The van der Waals surface area contributed by atoms with Gasteiger partial charge in [-0.25, -0.2) is 4.79 Å². The summed E-state index contributed by atoms with van der Waals surface area (Å²) in [6.45, 7) is 11.1. The van der Waals surface area contributed by atoms with Crippen LogP contribution in [0.25, 0.3) is 0 Å². The predicted octanol–water partition coefficient (Wildman–Crippen LogP) is 5.42. The zero-order valence-corrected chi connectivity index (χ0v) is 17.1. The number of carbonyl (C=O) groups is 1. The van der Waals surface area contributed by atoms with Gasteiger partial charge in [-0.05, 0) is 62.1 Å². The molecule has 5 nitrogen and oxygen atoms in total. The van der Waals surface area contributed by atoms with Crippen molar-refractivity contribution in [3.63, 3.8) is 0 Å². The lowest BCUT2D eigenvalue weighted by Gasteiger charge is -2.34. The van der Waals surface area contributed by atoms with Gasteiger partial charge in [0.2, 0.25) is 0 Å². The average molecular weight is 382 g/mol. The van der Waals surface area contributed by atoms with Crippen molar-refractivity contribution in [2.45, 2.75) is 52.1 Å². The molecule has 2 aromatic rings. The highest BCUT2D eigenvalue weighted by atomic mass is 16.5. The molecule has 0 aliphatic heterocycles. The summed E-state index contributed by atoms with van der Waals surface area (Å²) in [7, 11) is 0. The molecule has 0 aliphatic carbocycles. The number of rotatable bonds is 11. The summed E-state index contributed by atoms with van der Waals surface area (Å²) in [5.74, 6) is -0.315. The smallest absolute Gasteiger partial charge is 0.338 e. The number of carbonyl (C=O) groups excluding carboxylic acids is 1. The van der Waals surface area contributed by atoms with E-state index in [4.69, 9.17) is 4.74 Å². The molecule has 0 aliphatic rings. The summed E-state index contributed by atoms with van der Waals surface area (Å²) in [5.41, 5.74) is 3.42. The highest BCUT2D eigenvalue weighted by Crippen LogP contribution is 2.32. The van der Waals surface area contributed by atoms with Crippen molar-refractivity contribution in [3.05, 3.63) is 66.5 Å². The molecule has 2 rings (SSSR count). The number of ether oxygens (including phenoxy) is 1. The number of hydrogen-bond donors (Lipinski definition) is 2. The van der Waals surface area contributed by atoms with Crippen LogP contribution in [0.15, 0.2) is 55.4 Å². The van der Waals surface area contributed by atoms with Crippen LogP contribution in [0.3, 0.4) is 0 Å². The minimum Gasteiger partial charge on any atom is -0.462 e. The minimum atomic E-state index is -0.315. The fraction of sp³-hybridized carbons (Fsp3) is 0.391. The van der Waals surface area contributed by atoms with E-state index in [1.165, 1.54) is 0 Å². The Morgan fingerprint density at radius 2 is 1.86 bits per heavy atom. The molecule has 0 amide bonds. The van der Waals surface area contributed by atoms with Gasteiger partial charge in [0.1, 0.15) is 0 Å². The van der Waals surface area contributed by atoms with Gasteiger partial charge >= 0.3 is 5.97 Å². The molecular formula is C23H31N3O2. The number of pyridine rings is 1. The van der Waals surface area contributed by atoms with Gasteiger partial charge in [0.15, 0.2) is 0 Å².